The van der Waals surface area contributed by atoms with E-state index < -0.39 is 24.1 Å². The van der Waals surface area contributed by atoms with Crippen LogP contribution in [0.25, 0.3) is 0 Å². The summed E-state index contributed by atoms with van der Waals surface area (Å²) >= 11 is 0. The minimum absolute atomic E-state index is 0.0535. The molecule has 0 aliphatic heterocycles. The molecule has 0 spiro atoms. The van der Waals surface area contributed by atoms with E-state index in [1.54, 1.807) is 6.07 Å². The van der Waals surface area contributed by atoms with E-state index in [1.807, 2.05) is 20.8 Å². The van der Waals surface area contributed by atoms with E-state index in [4.69, 9.17) is 10.00 Å². The Morgan fingerprint density at radius 2 is 2.07 bits per heavy atom. The number of pyridine rings is 1. The molecule has 1 amide bonds. The van der Waals surface area contributed by atoms with E-state index in [-0.39, 0.29) is 36.0 Å². The van der Waals surface area contributed by atoms with Crippen LogP contribution in [0.2, 0.25) is 0 Å². The van der Waals surface area contributed by atoms with Gasteiger partial charge < -0.3 is 20.1 Å². The number of carboxylic acid groups (broad SMARTS) is 1. The van der Waals surface area contributed by atoms with Crippen LogP contribution in [0.5, 0.6) is 5.88 Å². The number of carbonyl (C=O) groups is 1. The van der Waals surface area contributed by atoms with E-state index in [9.17, 15) is 18.7 Å². The van der Waals surface area contributed by atoms with Gasteiger partial charge in [0.05, 0.1) is 0 Å². The number of anilines is 1. The molecule has 7 nitrogen and oxygen atoms in total. The molecule has 1 saturated carbocycles. The summed E-state index contributed by atoms with van der Waals surface area (Å²) in [5.41, 5.74) is -0.595. The highest BCUT2D eigenvalue weighted by atomic mass is 19.1. The average Bonchev–Trinajstić information content (AvgIpc) is 2.61. The Hall–Kier alpha value is -2.63. The number of alkyl halides is 1. The molecule has 2 N–H and O–H groups in total. The lowest BCUT2D eigenvalue weighted by molar-refractivity contribution is 0.0556. The molecule has 28 heavy (non-hydrogen) atoms. The first-order chi connectivity index (χ1) is 13.2. The van der Waals surface area contributed by atoms with Gasteiger partial charge in [-0.05, 0) is 46.5 Å². The third-order valence-corrected chi connectivity index (χ3v) is 4.71. The molecule has 1 fully saturated rings. The van der Waals surface area contributed by atoms with Gasteiger partial charge in [0.15, 0.2) is 11.6 Å². The number of nitrogens with zero attached hydrogens (tertiary/aromatic N) is 3. The van der Waals surface area contributed by atoms with Crippen LogP contribution in [0.15, 0.2) is 6.07 Å². The number of aromatic nitrogens is 1. The SMILES string of the molecule is CC(C)(C)N(C(=O)O)C1CCC(Nc2nc(OCCF)c(C#N)cc2F)CC1. The van der Waals surface area contributed by atoms with Gasteiger partial charge in [-0.3, -0.25) is 0 Å². The molecular formula is C19H26F2N4O3. The molecule has 1 aromatic rings. The van der Waals surface area contributed by atoms with Gasteiger partial charge in [0, 0.05) is 23.7 Å². The van der Waals surface area contributed by atoms with E-state index >= 15 is 0 Å². The van der Waals surface area contributed by atoms with Crippen molar-refractivity contribution in [3.63, 3.8) is 0 Å². The van der Waals surface area contributed by atoms with E-state index in [0.717, 1.165) is 6.07 Å². The molecule has 9 heteroatoms. The standard InChI is InChI=1S/C19H26F2N4O3/c1-19(2,3)25(18(26)27)14-6-4-13(5-7-14)23-16-15(21)10-12(11-22)17(24-16)28-9-8-20/h10,13-14H,4-9H2,1-3H3,(H,23,24)(H,26,27). The molecule has 0 unspecified atom stereocenters. The topological polar surface area (TPSA) is 98.5 Å². The lowest BCUT2D eigenvalue weighted by Gasteiger charge is -2.42. The van der Waals surface area contributed by atoms with Crippen LogP contribution in [0.1, 0.15) is 52.0 Å². The third-order valence-electron chi connectivity index (χ3n) is 4.71. The van der Waals surface area contributed by atoms with Crippen LogP contribution in [0, 0.1) is 17.1 Å². The normalized spacial score (nSPS) is 19.6. The lowest BCUT2D eigenvalue weighted by atomic mass is 9.88. The Kier molecular flexibility index (Phi) is 7.00. The fraction of sp³-hybridized carbons (Fsp3) is 0.632. The summed E-state index contributed by atoms with van der Waals surface area (Å²) in [5.74, 6) is -0.849. The predicted octanol–water partition coefficient (Wildman–Crippen LogP) is 3.94. The largest absolute Gasteiger partial charge is 0.474 e. The molecule has 0 saturated heterocycles. The maximum Gasteiger partial charge on any atom is 0.407 e. The Labute approximate surface area is 163 Å². The van der Waals surface area contributed by atoms with Gasteiger partial charge in [0.25, 0.3) is 0 Å². The second kappa shape index (κ2) is 9.04. The molecule has 1 heterocycles. The van der Waals surface area contributed by atoms with Crippen LogP contribution >= 0.6 is 0 Å². The lowest BCUT2D eigenvalue weighted by Crippen LogP contribution is -2.52. The first kappa shape index (κ1) is 21.7. The number of amides is 1. The van der Waals surface area contributed by atoms with E-state index in [0.29, 0.717) is 25.7 Å². The van der Waals surface area contributed by atoms with Crippen molar-refractivity contribution in [3.8, 4) is 11.9 Å². The number of halogens is 2. The van der Waals surface area contributed by atoms with Crippen molar-refractivity contribution in [1.82, 2.24) is 9.88 Å². The maximum atomic E-state index is 14.3. The summed E-state index contributed by atoms with van der Waals surface area (Å²) in [5, 5.41) is 21.6. The van der Waals surface area contributed by atoms with Gasteiger partial charge in [0.2, 0.25) is 5.88 Å². The molecule has 0 atom stereocenters. The maximum absolute atomic E-state index is 14.3. The number of rotatable bonds is 6. The van der Waals surface area contributed by atoms with Gasteiger partial charge >= 0.3 is 6.09 Å². The number of hydrogen-bond donors (Lipinski definition) is 2. The molecule has 0 bridgehead atoms. The highest BCUT2D eigenvalue weighted by molar-refractivity contribution is 5.66. The van der Waals surface area contributed by atoms with E-state index in [1.165, 1.54) is 4.90 Å². The zero-order chi connectivity index (χ0) is 20.9. The van der Waals surface area contributed by atoms with Gasteiger partial charge in [-0.25, -0.2) is 13.6 Å². The second-order valence-electron chi connectivity index (χ2n) is 7.79. The number of nitriles is 1. The van der Waals surface area contributed by atoms with Crippen LogP contribution in [0.3, 0.4) is 0 Å². The highest BCUT2D eigenvalue weighted by Gasteiger charge is 2.35. The summed E-state index contributed by atoms with van der Waals surface area (Å²) in [6.45, 7) is 4.57. The zero-order valence-electron chi connectivity index (χ0n) is 16.3. The molecule has 2 rings (SSSR count). The predicted molar refractivity (Wildman–Crippen MR) is 99.7 cm³/mol. The number of nitrogens with one attached hydrogen (secondary N) is 1. The Balaban J connectivity index is 2.06. The highest BCUT2D eigenvalue weighted by Crippen LogP contribution is 2.31. The summed E-state index contributed by atoms with van der Waals surface area (Å²) in [6.07, 6.45) is 1.63. The third kappa shape index (κ3) is 5.21. The second-order valence-corrected chi connectivity index (χ2v) is 7.79. The molecule has 1 aliphatic rings. The molecule has 1 aromatic heterocycles. The van der Waals surface area contributed by atoms with Crippen molar-refractivity contribution in [3.05, 3.63) is 17.4 Å². The van der Waals surface area contributed by atoms with Crippen LogP contribution in [-0.2, 0) is 0 Å². The number of ether oxygens (including phenoxy) is 1. The van der Waals surface area contributed by atoms with Crippen LogP contribution in [-0.4, -0.2) is 52.0 Å². The average molecular weight is 396 g/mol. The van der Waals surface area contributed by atoms with Crippen molar-refractivity contribution in [2.24, 2.45) is 0 Å². The molecule has 1 aliphatic carbocycles. The molecule has 0 aromatic carbocycles. The van der Waals surface area contributed by atoms with Crippen molar-refractivity contribution >= 4 is 11.9 Å². The van der Waals surface area contributed by atoms with Gasteiger partial charge in [-0.2, -0.15) is 10.2 Å². The zero-order valence-corrected chi connectivity index (χ0v) is 16.3. The van der Waals surface area contributed by atoms with Crippen LogP contribution < -0.4 is 10.1 Å². The van der Waals surface area contributed by atoms with E-state index in [2.05, 4.69) is 10.3 Å². The fourth-order valence-electron chi connectivity index (χ4n) is 3.56. The summed E-state index contributed by atoms with van der Waals surface area (Å²) < 4.78 is 31.7. The summed E-state index contributed by atoms with van der Waals surface area (Å²) in [4.78, 5) is 17.1. The first-order valence-electron chi connectivity index (χ1n) is 9.25. The first-order valence-corrected chi connectivity index (χ1v) is 9.25. The monoisotopic (exact) mass is 396 g/mol. The van der Waals surface area contributed by atoms with Crippen molar-refractivity contribution in [2.75, 3.05) is 18.6 Å². The van der Waals surface area contributed by atoms with Gasteiger partial charge in [-0.1, -0.05) is 0 Å². The summed E-state index contributed by atoms with van der Waals surface area (Å²) in [7, 11) is 0. The van der Waals surface area contributed by atoms with Crippen molar-refractivity contribution < 1.29 is 23.4 Å². The van der Waals surface area contributed by atoms with Gasteiger partial charge in [-0.15, -0.1) is 0 Å². The van der Waals surface area contributed by atoms with Crippen LogP contribution in [0.4, 0.5) is 19.4 Å². The fourth-order valence-corrected chi connectivity index (χ4v) is 3.56. The summed E-state index contributed by atoms with van der Waals surface area (Å²) in [6, 6.07) is 2.61. The minimum atomic E-state index is -0.946. The molecule has 0 radical (unpaired) electrons. The number of hydrogen-bond acceptors (Lipinski definition) is 5. The van der Waals surface area contributed by atoms with Gasteiger partial charge in [0.1, 0.15) is 24.9 Å². The Bertz CT molecular complexity index is 738. The smallest absolute Gasteiger partial charge is 0.407 e. The molecule has 154 valence electrons. The van der Waals surface area contributed by atoms with Crippen molar-refractivity contribution in [2.45, 2.75) is 64.1 Å². The molecular weight excluding hydrogens is 370 g/mol. The Morgan fingerprint density at radius 1 is 1.43 bits per heavy atom. The minimum Gasteiger partial charge on any atom is -0.474 e. The Morgan fingerprint density at radius 3 is 2.57 bits per heavy atom. The quantitative estimate of drug-likeness (QED) is 0.756. The van der Waals surface area contributed by atoms with Crippen molar-refractivity contribution in [1.29, 1.82) is 5.26 Å².